The Hall–Kier alpha value is -1.32. The molecule has 80 valence electrons. The van der Waals surface area contributed by atoms with Gasteiger partial charge in [0.25, 0.3) is 0 Å². The van der Waals surface area contributed by atoms with Gasteiger partial charge in [-0.1, -0.05) is 6.08 Å². The normalized spacial score (nSPS) is 12.4. The van der Waals surface area contributed by atoms with Crippen LogP contribution in [0.15, 0.2) is 11.6 Å². The molecule has 0 aromatic carbocycles. The maximum atomic E-state index is 11.3. The van der Waals surface area contributed by atoms with Crippen LogP contribution in [0.3, 0.4) is 0 Å². The Morgan fingerprint density at radius 1 is 1.43 bits per heavy atom. The molecule has 0 rings (SSSR count). The van der Waals surface area contributed by atoms with Gasteiger partial charge >= 0.3 is 0 Å². The molecule has 0 heterocycles. The highest BCUT2D eigenvalue weighted by Crippen LogP contribution is 2.11. The van der Waals surface area contributed by atoms with Gasteiger partial charge in [-0.05, 0) is 27.7 Å². The quantitative estimate of drug-likeness (QED) is 0.648. The third kappa shape index (κ3) is 3.60. The third-order valence-corrected chi connectivity index (χ3v) is 2.15. The number of allylic oxidation sites excluding steroid dienone is 1. The van der Waals surface area contributed by atoms with Crippen molar-refractivity contribution in [3.63, 3.8) is 0 Å². The van der Waals surface area contributed by atoms with E-state index >= 15 is 0 Å². The van der Waals surface area contributed by atoms with E-state index < -0.39 is 11.3 Å². The molecule has 2 amide bonds. The predicted molar refractivity (Wildman–Crippen MR) is 55.4 cm³/mol. The summed E-state index contributed by atoms with van der Waals surface area (Å²) in [7, 11) is 0. The van der Waals surface area contributed by atoms with Crippen LogP contribution in [0.5, 0.6) is 0 Å². The average Bonchev–Trinajstić information content (AvgIpc) is 2.12. The van der Waals surface area contributed by atoms with Crippen molar-refractivity contribution in [3.05, 3.63) is 11.6 Å². The minimum Gasteiger partial charge on any atom is -0.369 e. The van der Waals surface area contributed by atoms with Gasteiger partial charge < -0.3 is 11.1 Å². The number of rotatable bonds is 4. The monoisotopic (exact) mass is 198 g/mol. The first-order valence-electron chi connectivity index (χ1n) is 4.52. The van der Waals surface area contributed by atoms with Crippen molar-refractivity contribution < 1.29 is 9.59 Å². The van der Waals surface area contributed by atoms with E-state index in [-0.39, 0.29) is 12.5 Å². The van der Waals surface area contributed by atoms with Gasteiger partial charge in [0.1, 0.15) is 0 Å². The molecule has 3 N–H and O–H groups in total. The zero-order valence-electron chi connectivity index (χ0n) is 9.18. The summed E-state index contributed by atoms with van der Waals surface area (Å²) >= 11 is 0. The Kier molecular flexibility index (Phi) is 4.34. The summed E-state index contributed by atoms with van der Waals surface area (Å²) in [4.78, 5) is 22.2. The van der Waals surface area contributed by atoms with Crippen molar-refractivity contribution in [1.82, 2.24) is 5.32 Å². The molecule has 0 bridgehead atoms. The molecule has 4 nitrogen and oxygen atoms in total. The molecule has 0 unspecified atom stereocenters. The van der Waals surface area contributed by atoms with E-state index in [9.17, 15) is 9.59 Å². The highest BCUT2D eigenvalue weighted by atomic mass is 16.2. The number of carbonyl (C=O) groups is 2. The second kappa shape index (κ2) is 4.79. The molecule has 0 aliphatic carbocycles. The number of hydrogen-bond acceptors (Lipinski definition) is 2. The molecule has 0 radical (unpaired) electrons. The van der Waals surface area contributed by atoms with Gasteiger partial charge in [-0.25, -0.2) is 0 Å². The fourth-order valence-corrected chi connectivity index (χ4v) is 0.659. The zero-order chi connectivity index (χ0) is 11.4. The molecule has 14 heavy (non-hydrogen) atoms. The largest absolute Gasteiger partial charge is 0.369 e. The van der Waals surface area contributed by atoms with E-state index in [1.54, 1.807) is 33.8 Å². The Bertz CT molecular complexity index is 267. The van der Waals surface area contributed by atoms with Crippen LogP contribution in [0.25, 0.3) is 0 Å². The highest BCUT2D eigenvalue weighted by molar-refractivity contribution is 5.93. The van der Waals surface area contributed by atoms with Crippen molar-refractivity contribution in [1.29, 1.82) is 0 Å². The summed E-state index contributed by atoms with van der Waals surface area (Å²) in [6.45, 7) is 7.15. The van der Waals surface area contributed by atoms with Crippen LogP contribution < -0.4 is 11.1 Å². The smallest absolute Gasteiger partial charge is 0.246 e. The summed E-state index contributed by atoms with van der Waals surface area (Å²) in [5.41, 5.74) is 5.09. The van der Waals surface area contributed by atoms with Crippen LogP contribution in [0, 0.1) is 5.41 Å². The van der Waals surface area contributed by atoms with Crippen LogP contribution in [-0.2, 0) is 9.59 Å². The molecular formula is C10H18N2O2. The predicted octanol–water partition coefficient (Wildman–Crippen LogP) is 0.580. The maximum absolute atomic E-state index is 11.3. The van der Waals surface area contributed by atoms with Gasteiger partial charge in [0.15, 0.2) is 0 Å². The van der Waals surface area contributed by atoms with Gasteiger partial charge in [-0.15, -0.1) is 0 Å². The van der Waals surface area contributed by atoms with Crippen LogP contribution in [-0.4, -0.2) is 18.4 Å². The van der Waals surface area contributed by atoms with Gasteiger partial charge in [-0.2, -0.15) is 0 Å². The first-order valence-corrected chi connectivity index (χ1v) is 4.52. The molecule has 0 aliphatic rings. The lowest BCUT2D eigenvalue weighted by Crippen LogP contribution is -2.42. The Labute approximate surface area is 84.5 Å². The molecule has 0 aliphatic heterocycles. The standard InChI is InChI=1S/C10H18N2O2/c1-5-7(2)8(13)12-6-10(3,4)9(11)14/h5H,6H2,1-4H3,(H2,11,14)(H,12,13). The van der Waals surface area contributed by atoms with Crippen LogP contribution in [0.1, 0.15) is 27.7 Å². The molecule has 0 aromatic heterocycles. The minimum absolute atomic E-state index is 0.165. The van der Waals surface area contributed by atoms with Gasteiger partial charge in [0.2, 0.25) is 11.8 Å². The van der Waals surface area contributed by atoms with Gasteiger partial charge in [0, 0.05) is 12.1 Å². The lowest BCUT2D eigenvalue weighted by molar-refractivity contribution is -0.126. The summed E-state index contributed by atoms with van der Waals surface area (Å²) in [5.74, 6) is -0.585. The Morgan fingerprint density at radius 2 is 1.93 bits per heavy atom. The molecule has 0 atom stereocenters. The SMILES string of the molecule is CC=C(C)C(=O)NCC(C)(C)C(N)=O. The van der Waals surface area contributed by atoms with Crippen LogP contribution in [0.4, 0.5) is 0 Å². The highest BCUT2D eigenvalue weighted by Gasteiger charge is 2.25. The summed E-state index contributed by atoms with van der Waals surface area (Å²) in [6, 6.07) is 0. The second-order valence-corrected chi connectivity index (χ2v) is 3.90. The van der Waals surface area contributed by atoms with E-state index in [0.717, 1.165) is 0 Å². The van der Waals surface area contributed by atoms with Gasteiger partial charge in [-0.3, -0.25) is 9.59 Å². The molecule has 0 saturated carbocycles. The number of primary amides is 1. The van der Waals surface area contributed by atoms with Gasteiger partial charge in [0.05, 0.1) is 5.41 Å². The first-order chi connectivity index (χ1) is 6.31. The molecule has 0 saturated heterocycles. The number of hydrogen-bond donors (Lipinski definition) is 2. The summed E-state index contributed by atoms with van der Waals surface area (Å²) in [5, 5.41) is 2.65. The maximum Gasteiger partial charge on any atom is 0.246 e. The van der Waals surface area contributed by atoms with Crippen LogP contribution >= 0.6 is 0 Å². The third-order valence-electron chi connectivity index (χ3n) is 2.15. The average molecular weight is 198 g/mol. The molecule has 0 fully saturated rings. The lowest BCUT2D eigenvalue weighted by atomic mass is 9.93. The van der Waals surface area contributed by atoms with Crippen molar-refractivity contribution in [2.75, 3.05) is 6.54 Å². The molecular weight excluding hydrogens is 180 g/mol. The van der Waals surface area contributed by atoms with E-state index in [4.69, 9.17) is 5.73 Å². The first kappa shape index (κ1) is 12.7. The fourth-order valence-electron chi connectivity index (χ4n) is 0.659. The molecule has 0 spiro atoms. The van der Waals surface area contributed by atoms with E-state index in [2.05, 4.69) is 5.32 Å². The number of carbonyl (C=O) groups excluding carboxylic acids is 2. The van der Waals surface area contributed by atoms with Crippen molar-refractivity contribution in [2.24, 2.45) is 11.1 Å². The Balaban J connectivity index is 4.20. The number of nitrogens with one attached hydrogen (secondary N) is 1. The van der Waals surface area contributed by atoms with Crippen molar-refractivity contribution in [2.45, 2.75) is 27.7 Å². The lowest BCUT2D eigenvalue weighted by Gasteiger charge is -2.20. The molecule has 0 aromatic rings. The number of nitrogens with two attached hydrogens (primary N) is 1. The minimum atomic E-state index is -0.705. The van der Waals surface area contributed by atoms with Crippen LogP contribution in [0.2, 0.25) is 0 Å². The summed E-state index contributed by atoms with van der Waals surface area (Å²) < 4.78 is 0. The van der Waals surface area contributed by atoms with Crippen molar-refractivity contribution in [3.8, 4) is 0 Å². The second-order valence-electron chi connectivity index (χ2n) is 3.90. The fraction of sp³-hybridized carbons (Fsp3) is 0.600. The topological polar surface area (TPSA) is 72.2 Å². The van der Waals surface area contributed by atoms with E-state index in [1.165, 1.54) is 0 Å². The Morgan fingerprint density at radius 3 is 2.29 bits per heavy atom. The molecule has 4 heteroatoms. The zero-order valence-corrected chi connectivity index (χ0v) is 9.18. The van der Waals surface area contributed by atoms with E-state index in [0.29, 0.717) is 5.57 Å². The number of amides is 2. The van der Waals surface area contributed by atoms with E-state index in [1.807, 2.05) is 0 Å². The summed E-state index contributed by atoms with van der Waals surface area (Å²) in [6.07, 6.45) is 1.71. The van der Waals surface area contributed by atoms with Crippen molar-refractivity contribution >= 4 is 11.8 Å².